The molecule has 2 rings (SSSR count). The van der Waals surface area contributed by atoms with Gasteiger partial charge in [0.15, 0.2) is 6.61 Å². The average Bonchev–Trinajstić information content (AvgIpc) is 2.63. The zero-order valence-electron chi connectivity index (χ0n) is 9.11. The molecule has 0 unspecified atom stereocenters. The lowest BCUT2D eigenvalue weighted by atomic mass is 10.1. The Labute approximate surface area is 92.1 Å². The van der Waals surface area contributed by atoms with E-state index in [-0.39, 0.29) is 12.5 Å². The van der Waals surface area contributed by atoms with Crippen molar-refractivity contribution in [1.82, 2.24) is 10.2 Å². The quantitative estimate of drug-likeness (QED) is 0.852. The summed E-state index contributed by atoms with van der Waals surface area (Å²) in [5.41, 5.74) is 2.22. The van der Waals surface area contributed by atoms with Crippen LogP contribution in [-0.2, 0) is 6.61 Å². The Bertz CT molecular complexity index is 542. The molecule has 5 heteroatoms. The van der Waals surface area contributed by atoms with Gasteiger partial charge in [0, 0.05) is 0 Å². The van der Waals surface area contributed by atoms with Gasteiger partial charge in [-0.15, -0.1) is 5.10 Å². The van der Waals surface area contributed by atoms with E-state index >= 15 is 0 Å². The van der Waals surface area contributed by atoms with Gasteiger partial charge in [0.25, 0.3) is 5.89 Å². The molecular weight excluding hydrogens is 208 g/mol. The zero-order valence-corrected chi connectivity index (χ0v) is 9.11. The van der Waals surface area contributed by atoms with Gasteiger partial charge < -0.3 is 9.15 Å². The summed E-state index contributed by atoms with van der Waals surface area (Å²) in [6.07, 6.45) is 0. The van der Waals surface area contributed by atoms with Crippen LogP contribution in [0.25, 0.3) is 0 Å². The topological polar surface area (TPSA) is 68.1 Å². The number of nitrogens with zero attached hydrogens (tertiary/aromatic N) is 1. The highest BCUT2D eigenvalue weighted by atomic mass is 16.5. The van der Waals surface area contributed by atoms with Crippen molar-refractivity contribution in [2.45, 2.75) is 20.5 Å². The van der Waals surface area contributed by atoms with Crippen LogP contribution in [0.15, 0.2) is 27.4 Å². The summed E-state index contributed by atoms with van der Waals surface area (Å²) in [6.45, 7) is 4.12. The minimum Gasteiger partial charge on any atom is -0.484 e. The maximum atomic E-state index is 10.7. The summed E-state index contributed by atoms with van der Waals surface area (Å²) in [7, 11) is 0. The van der Waals surface area contributed by atoms with Gasteiger partial charge in [-0.25, -0.2) is 9.89 Å². The fourth-order valence-electron chi connectivity index (χ4n) is 1.42. The number of nitrogens with one attached hydrogen (secondary N) is 1. The molecule has 84 valence electrons. The van der Waals surface area contributed by atoms with Crippen molar-refractivity contribution < 1.29 is 9.15 Å². The van der Waals surface area contributed by atoms with E-state index in [0.717, 1.165) is 11.3 Å². The Kier molecular flexibility index (Phi) is 2.76. The van der Waals surface area contributed by atoms with E-state index in [9.17, 15) is 4.79 Å². The molecule has 0 amide bonds. The lowest BCUT2D eigenvalue weighted by Crippen LogP contribution is -1.97. The number of H-pyrrole nitrogens is 1. The number of aromatic amines is 1. The molecule has 0 radical (unpaired) electrons. The van der Waals surface area contributed by atoms with E-state index in [4.69, 9.17) is 9.15 Å². The van der Waals surface area contributed by atoms with E-state index in [0.29, 0.717) is 0 Å². The van der Waals surface area contributed by atoms with Crippen LogP contribution in [0.2, 0.25) is 0 Å². The predicted molar refractivity (Wildman–Crippen MR) is 57.4 cm³/mol. The number of benzene rings is 1. The Balaban J connectivity index is 2.07. The van der Waals surface area contributed by atoms with Gasteiger partial charge in [-0.2, -0.15) is 0 Å². The van der Waals surface area contributed by atoms with Gasteiger partial charge in [-0.1, -0.05) is 17.7 Å². The van der Waals surface area contributed by atoms with Gasteiger partial charge >= 0.3 is 5.76 Å². The van der Waals surface area contributed by atoms with E-state index in [2.05, 4.69) is 10.2 Å². The third-order valence-electron chi connectivity index (χ3n) is 2.16. The van der Waals surface area contributed by atoms with Gasteiger partial charge in [0.2, 0.25) is 0 Å². The summed E-state index contributed by atoms with van der Waals surface area (Å²) in [6, 6.07) is 5.87. The smallest absolute Gasteiger partial charge is 0.434 e. The predicted octanol–water partition coefficient (Wildman–Crippen LogP) is 1.56. The lowest BCUT2D eigenvalue weighted by Gasteiger charge is -2.07. The summed E-state index contributed by atoms with van der Waals surface area (Å²) in [5, 5.41) is 5.83. The summed E-state index contributed by atoms with van der Waals surface area (Å²) >= 11 is 0. The number of aromatic nitrogens is 2. The fourth-order valence-corrected chi connectivity index (χ4v) is 1.42. The number of ether oxygens (including phenoxy) is 1. The molecule has 0 saturated heterocycles. The molecule has 0 bridgehead atoms. The Hall–Kier alpha value is -2.04. The lowest BCUT2D eigenvalue weighted by molar-refractivity contribution is 0.258. The van der Waals surface area contributed by atoms with Gasteiger partial charge in [-0.3, -0.25) is 0 Å². The standard InChI is InChI=1S/C11H12N2O3/c1-7-3-4-9(8(2)5-7)15-6-10-12-13-11(14)16-10/h3-5H,6H2,1-2H3,(H,13,14). The molecule has 16 heavy (non-hydrogen) atoms. The molecular formula is C11H12N2O3. The minimum absolute atomic E-state index is 0.142. The number of rotatable bonds is 3. The molecule has 5 nitrogen and oxygen atoms in total. The Morgan fingerprint density at radius 3 is 2.88 bits per heavy atom. The first-order chi connectivity index (χ1) is 7.65. The number of aryl methyl sites for hydroxylation is 2. The highest BCUT2D eigenvalue weighted by molar-refractivity contribution is 5.35. The van der Waals surface area contributed by atoms with Crippen molar-refractivity contribution in [3.8, 4) is 5.75 Å². The minimum atomic E-state index is -0.570. The summed E-state index contributed by atoms with van der Waals surface area (Å²) in [4.78, 5) is 10.7. The van der Waals surface area contributed by atoms with Crippen LogP contribution in [-0.4, -0.2) is 10.2 Å². The SMILES string of the molecule is Cc1ccc(OCc2n[nH]c(=O)o2)c(C)c1. The van der Waals surface area contributed by atoms with Crippen molar-refractivity contribution in [3.63, 3.8) is 0 Å². The molecule has 1 N–H and O–H groups in total. The summed E-state index contributed by atoms with van der Waals surface area (Å²) in [5.74, 6) is 0.431. The second kappa shape index (κ2) is 4.22. The van der Waals surface area contributed by atoms with Crippen molar-refractivity contribution in [2.75, 3.05) is 0 Å². The zero-order chi connectivity index (χ0) is 11.5. The van der Waals surface area contributed by atoms with Crippen LogP contribution >= 0.6 is 0 Å². The molecule has 0 saturated carbocycles. The first kappa shape index (κ1) is 10.5. The second-order valence-corrected chi connectivity index (χ2v) is 3.56. The average molecular weight is 220 g/mol. The van der Waals surface area contributed by atoms with Gasteiger partial charge in [0.1, 0.15) is 5.75 Å². The Morgan fingerprint density at radius 2 is 2.25 bits per heavy atom. The van der Waals surface area contributed by atoms with Gasteiger partial charge in [-0.05, 0) is 25.5 Å². The van der Waals surface area contributed by atoms with Gasteiger partial charge in [0.05, 0.1) is 0 Å². The van der Waals surface area contributed by atoms with Crippen molar-refractivity contribution >= 4 is 0 Å². The van der Waals surface area contributed by atoms with Crippen molar-refractivity contribution in [1.29, 1.82) is 0 Å². The van der Waals surface area contributed by atoms with Crippen molar-refractivity contribution in [3.05, 3.63) is 45.8 Å². The fraction of sp³-hybridized carbons (Fsp3) is 0.273. The van der Waals surface area contributed by atoms with Crippen LogP contribution < -0.4 is 10.5 Å². The third-order valence-corrected chi connectivity index (χ3v) is 2.16. The molecule has 0 fully saturated rings. The first-order valence-corrected chi connectivity index (χ1v) is 4.89. The van der Waals surface area contributed by atoms with Crippen LogP contribution in [0.3, 0.4) is 0 Å². The monoisotopic (exact) mass is 220 g/mol. The third kappa shape index (κ3) is 2.31. The molecule has 0 atom stereocenters. The Morgan fingerprint density at radius 1 is 1.44 bits per heavy atom. The van der Waals surface area contributed by atoms with Crippen LogP contribution in [0.1, 0.15) is 17.0 Å². The van der Waals surface area contributed by atoms with Crippen LogP contribution in [0, 0.1) is 13.8 Å². The maximum absolute atomic E-state index is 10.7. The van der Waals surface area contributed by atoms with E-state index in [1.807, 2.05) is 32.0 Å². The molecule has 1 aromatic heterocycles. The molecule has 0 aliphatic carbocycles. The highest BCUT2D eigenvalue weighted by Crippen LogP contribution is 2.19. The maximum Gasteiger partial charge on any atom is 0.434 e. The normalized spacial score (nSPS) is 10.4. The largest absolute Gasteiger partial charge is 0.484 e. The van der Waals surface area contributed by atoms with E-state index < -0.39 is 5.76 Å². The van der Waals surface area contributed by atoms with E-state index in [1.165, 1.54) is 5.56 Å². The molecule has 0 aliphatic rings. The summed E-state index contributed by atoms with van der Waals surface area (Å²) < 4.78 is 10.2. The molecule has 0 aliphatic heterocycles. The number of hydrogen-bond donors (Lipinski definition) is 1. The highest BCUT2D eigenvalue weighted by Gasteiger charge is 2.04. The van der Waals surface area contributed by atoms with E-state index in [1.54, 1.807) is 0 Å². The molecule has 2 aromatic rings. The first-order valence-electron chi connectivity index (χ1n) is 4.89. The van der Waals surface area contributed by atoms with Crippen LogP contribution in [0.4, 0.5) is 0 Å². The van der Waals surface area contributed by atoms with Crippen molar-refractivity contribution in [2.24, 2.45) is 0 Å². The second-order valence-electron chi connectivity index (χ2n) is 3.56. The molecule has 1 aromatic carbocycles. The molecule has 1 heterocycles. The van der Waals surface area contributed by atoms with Crippen LogP contribution in [0.5, 0.6) is 5.75 Å². The molecule has 0 spiro atoms. The number of hydrogen-bond acceptors (Lipinski definition) is 4.